The van der Waals surface area contributed by atoms with Crippen molar-refractivity contribution in [2.24, 2.45) is 0 Å². The van der Waals surface area contributed by atoms with Crippen molar-refractivity contribution < 1.29 is 4.74 Å². The van der Waals surface area contributed by atoms with Crippen LogP contribution in [0, 0.1) is 0 Å². The van der Waals surface area contributed by atoms with Crippen molar-refractivity contribution in [1.29, 1.82) is 0 Å². The van der Waals surface area contributed by atoms with Crippen LogP contribution in [0.3, 0.4) is 0 Å². The molecule has 0 saturated heterocycles. The van der Waals surface area contributed by atoms with Crippen LogP contribution >= 0.6 is 11.8 Å². The lowest BCUT2D eigenvalue weighted by Crippen LogP contribution is -2.09. The van der Waals surface area contributed by atoms with E-state index in [-0.39, 0.29) is 0 Å². The van der Waals surface area contributed by atoms with E-state index in [1.54, 1.807) is 0 Å². The highest BCUT2D eigenvalue weighted by molar-refractivity contribution is 7.99. The number of thioether (sulfide) groups is 1. The third kappa shape index (κ3) is 4.68. The van der Waals surface area contributed by atoms with Gasteiger partial charge in [0.25, 0.3) is 0 Å². The molecule has 0 atom stereocenters. The number of hydrogen-bond donors (Lipinski definition) is 2. The van der Waals surface area contributed by atoms with E-state index in [4.69, 9.17) is 10.5 Å². The fraction of sp³-hybridized carbons (Fsp3) is 0.636. The van der Waals surface area contributed by atoms with E-state index in [0.717, 1.165) is 24.5 Å². The van der Waals surface area contributed by atoms with Crippen molar-refractivity contribution in [2.75, 3.05) is 35.7 Å². The number of nitrogens with two attached hydrogens (primary N) is 1. The van der Waals surface area contributed by atoms with Gasteiger partial charge < -0.3 is 15.8 Å². The molecule has 3 N–H and O–H groups in total. The Morgan fingerprint density at radius 1 is 1.41 bits per heavy atom. The summed E-state index contributed by atoms with van der Waals surface area (Å²) in [6.07, 6.45) is 2.55. The molecule has 0 aliphatic carbocycles. The molecule has 0 amide bonds. The number of nitrogens with one attached hydrogen (secondary N) is 1. The number of hydrogen-bond acceptors (Lipinski definition) is 6. The second kappa shape index (κ2) is 8.00. The van der Waals surface area contributed by atoms with Crippen LogP contribution in [0.25, 0.3) is 0 Å². The Hall–Kier alpha value is -1.17. The first-order valence-electron chi connectivity index (χ1n) is 5.84. The first-order chi connectivity index (χ1) is 8.29. The molecule has 0 fully saturated rings. The molecule has 0 spiro atoms. The Labute approximate surface area is 107 Å². The molecule has 1 aromatic rings. The van der Waals surface area contributed by atoms with Crippen molar-refractivity contribution in [3.8, 4) is 5.88 Å². The summed E-state index contributed by atoms with van der Waals surface area (Å²) < 4.78 is 5.30. The minimum absolute atomic E-state index is 0.452. The molecule has 6 heteroatoms. The third-order valence-corrected chi connectivity index (χ3v) is 3.08. The van der Waals surface area contributed by atoms with Gasteiger partial charge in [0.15, 0.2) is 5.82 Å². The molecule has 1 heterocycles. The van der Waals surface area contributed by atoms with Gasteiger partial charge in [-0.3, -0.25) is 0 Å². The van der Waals surface area contributed by atoms with E-state index >= 15 is 0 Å². The van der Waals surface area contributed by atoms with E-state index in [9.17, 15) is 0 Å². The number of aromatic nitrogens is 2. The van der Waals surface area contributed by atoms with Crippen molar-refractivity contribution in [2.45, 2.75) is 20.3 Å². The molecule has 0 aliphatic heterocycles. The predicted octanol–water partition coefficient (Wildman–Crippen LogP) is 2.01. The first-order valence-corrected chi connectivity index (χ1v) is 6.99. The summed E-state index contributed by atoms with van der Waals surface area (Å²) in [5, 5.41) is 3.20. The molecule has 0 aliphatic rings. The molecule has 0 unspecified atom stereocenters. The Kier molecular flexibility index (Phi) is 6.54. The van der Waals surface area contributed by atoms with Crippen LogP contribution in [0.5, 0.6) is 5.88 Å². The molecular formula is C11H20N4OS. The maximum absolute atomic E-state index is 5.89. The molecular weight excluding hydrogens is 236 g/mol. The highest BCUT2D eigenvalue weighted by Crippen LogP contribution is 2.24. The summed E-state index contributed by atoms with van der Waals surface area (Å²) in [5.74, 6) is 3.41. The van der Waals surface area contributed by atoms with E-state index in [2.05, 4.69) is 22.2 Å². The average molecular weight is 256 g/mol. The predicted molar refractivity (Wildman–Crippen MR) is 73.7 cm³/mol. The number of anilines is 2. The standard InChI is InChI=1S/C11H20N4OS/c1-3-16-11-9(12)10(14-8-15-11)13-6-5-7-17-4-2/h8H,3-7,12H2,1-2H3,(H,13,14,15). The smallest absolute Gasteiger partial charge is 0.242 e. The summed E-state index contributed by atoms with van der Waals surface area (Å²) >= 11 is 1.93. The molecule has 1 rings (SSSR count). The summed E-state index contributed by atoms with van der Waals surface area (Å²) in [5.41, 5.74) is 6.38. The van der Waals surface area contributed by atoms with Gasteiger partial charge in [-0.2, -0.15) is 16.7 Å². The lowest BCUT2D eigenvalue weighted by Gasteiger charge is -2.10. The van der Waals surface area contributed by atoms with Gasteiger partial charge in [0.1, 0.15) is 12.0 Å². The van der Waals surface area contributed by atoms with Crippen molar-refractivity contribution in [1.82, 2.24) is 9.97 Å². The second-order valence-electron chi connectivity index (χ2n) is 3.35. The van der Waals surface area contributed by atoms with Gasteiger partial charge in [-0.15, -0.1) is 0 Å². The van der Waals surface area contributed by atoms with Gasteiger partial charge in [0.2, 0.25) is 5.88 Å². The quantitative estimate of drug-likeness (QED) is 0.693. The van der Waals surface area contributed by atoms with Crippen molar-refractivity contribution >= 4 is 23.3 Å². The number of rotatable bonds is 8. The van der Waals surface area contributed by atoms with Gasteiger partial charge in [-0.05, 0) is 24.9 Å². The summed E-state index contributed by atoms with van der Waals surface area (Å²) in [6, 6.07) is 0. The van der Waals surface area contributed by atoms with Crippen LogP contribution in [0.4, 0.5) is 11.5 Å². The largest absolute Gasteiger partial charge is 0.476 e. The Morgan fingerprint density at radius 3 is 2.94 bits per heavy atom. The fourth-order valence-electron chi connectivity index (χ4n) is 1.30. The second-order valence-corrected chi connectivity index (χ2v) is 4.75. The highest BCUT2D eigenvalue weighted by atomic mass is 32.2. The third-order valence-electron chi connectivity index (χ3n) is 2.09. The van der Waals surface area contributed by atoms with Crippen LogP contribution in [0.2, 0.25) is 0 Å². The fourth-order valence-corrected chi connectivity index (χ4v) is 1.93. The van der Waals surface area contributed by atoms with Crippen LogP contribution in [-0.4, -0.2) is 34.6 Å². The van der Waals surface area contributed by atoms with Crippen LogP contribution in [0.1, 0.15) is 20.3 Å². The Morgan fingerprint density at radius 2 is 2.24 bits per heavy atom. The molecule has 0 bridgehead atoms. The van der Waals surface area contributed by atoms with Gasteiger partial charge in [0, 0.05) is 6.54 Å². The zero-order valence-corrected chi connectivity index (χ0v) is 11.2. The highest BCUT2D eigenvalue weighted by Gasteiger charge is 2.07. The monoisotopic (exact) mass is 256 g/mol. The van der Waals surface area contributed by atoms with Crippen molar-refractivity contribution in [3.63, 3.8) is 0 Å². The molecule has 0 radical (unpaired) electrons. The van der Waals surface area contributed by atoms with Gasteiger partial charge in [-0.1, -0.05) is 6.92 Å². The Bertz CT molecular complexity index is 335. The number of nitrogen functional groups attached to an aromatic ring is 1. The molecule has 96 valence electrons. The molecule has 0 aromatic carbocycles. The number of nitrogens with zero attached hydrogens (tertiary/aromatic N) is 2. The summed E-state index contributed by atoms with van der Waals surface area (Å²) in [4.78, 5) is 8.09. The summed E-state index contributed by atoms with van der Waals surface area (Å²) in [7, 11) is 0. The molecule has 1 aromatic heterocycles. The Balaban J connectivity index is 2.44. The average Bonchev–Trinajstić information content (AvgIpc) is 2.33. The maximum atomic E-state index is 5.89. The van der Waals surface area contributed by atoms with E-state index in [0.29, 0.717) is 24.0 Å². The minimum atomic E-state index is 0.452. The van der Waals surface area contributed by atoms with E-state index in [1.165, 1.54) is 6.33 Å². The topological polar surface area (TPSA) is 73.1 Å². The van der Waals surface area contributed by atoms with Crippen molar-refractivity contribution in [3.05, 3.63) is 6.33 Å². The lowest BCUT2D eigenvalue weighted by atomic mass is 10.4. The van der Waals surface area contributed by atoms with E-state index in [1.807, 2.05) is 18.7 Å². The lowest BCUT2D eigenvalue weighted by molar-refractivity contribution is 0.328. The molecule has 5 nitrogen and oxygen atoms in total. The SMILES string of the molecule is CCOc1ncnc(NCCCSCC)c1N. The molecule has 17 heavy (non-hydrogen) atoms. The van der Waals surface area contributed by atoms with E-state index < -0.39 is 0 Å². The van der Waals surface area contributed by atoms with Gasteiger partial charge in [0.05, 0.1) is 6.61 Å². The minimum Gasteiger partial charge on any atom is -0.476 e. The normalized spacial score (nSPS) is 10.2. The zero-order valence-electron chi connectivity index (χ0n) is 10.4. The van der Waals surface area contributed by atoms with Crippen LogP contribution in [0.15, 0.2) is 6.33 Å². The number of ether oxygens (including phenoxy) is 1. The van der Waals surface area contributed by atoms with Crippen LogP contribution < -0.4 is 15.8 Å². The van der Waals surface area contributed by atoms with Gasteiger partial charge >= 0.3 is 0 Å². The molecule has 0 saturated carbocycles. The summed E-state index contributed by atoms with van der Waals surface area (Å²) in [6.45, 7) is 5.47. The maximum Gasteiger partial charge on any atom is 0.242 e. The zero-order chi connectivity index (χ0) is 12.5. The van der Waals surface area contributed by atoms with Gasteiger partial charge in [-0.25, -0.2) is 4.98 Å². The van der Waals surface area contributed by atoms with Crippen LogP contribution in [-0.2, 0) is 0 Å². The first kappa shape index (κ1) is 13.9.